The van der Waals surface area contributed by atoms with E-state index in [1.165, 1.54) is 31.0 Å². The first-order valence-electron chi connectivity index (χ1n) is 10.8. The van der Waals surface area contributed by atoms with Crippen molar-refractivity contribution in [2.24, 2.45) is 17.8 Å². The van der Waals surface area contributed by atoms with Gasteiger partial charge >= 0.3 is 0 Å². The van der Waals surface area contributed by atoms with Gasteiger partial charge in [-0.25, -0.2) is 4.98 Å². The Hall–Kier alpha value is -2.06. The van der Waals surface area contributed by atoms with Gasteiger partial charge in [-0.3, -0.25) is 4.79 Å². The molecule has 0 radical (unpaired) electrons. The number of carbonyl (C=O) groups is 1. The molecule has 0 aliphatic heterocycles. The van der Waals surface area contributed by atoms with Crippen molar-refractivity contribution in [2.45, 2.75) is 55.5 Å². The quantitative estimate of drug-likeness (QED) is 0.632. The molecule has 4 fully saturated rings. The molecule has 6 rings (SSSR count). The lowest BCUT2D eigenvalue weighted by atomic mass is 9.52. The summed E-state index contributed by atoms with van der Waals surface area (Å²) in [4.78, 5) is 20.2. The van der Waals surface area contributed by atoms with Crippen LogP contribution in [-0.2, 0) is 4.79 Å². The van der Waals surface area contributed by atoms with Crippen molar-refractivity contribution >= 4 is 28.6 Å². The van der Waals surface area contributed by atoms with E-state index in [0.717, 1.165) is 52.9 Å². The van der Waals surface area contributed by atoms with E-state index in [-0.39, 0.29) is 11.4 Å². The van der Waals surface area contributed by atoms with E-state index in [1.807, 2.05) is 24.3 Å². The zero-order valence-electron chi connectivity index (χ0n) is 16.7. The number of hydrogen-bond donors (Lipinski definition) is 0. The second kappa shape index (κ2) is 7.65. The predicted molar refractivity (Wildman–Crippen MR) is 115 cm³/mol. The number of thioether (sulfide) groups is 1. The highest BCUT2D eigenvalue weighted by Crippen LogP contribution is 2.57. The second-order valence-electron chi connectivity index (χ2n) is 9.23. The second-order valence-corrected chi connectivity index (χ2v) is 10.2. The summed E-state index contributed by atoms with van der Waals surface area (Å²) in [6.45, 7) is 0.577. The Morgan fingerprint density at radius 1 is 1.10 bits per heavy atom. The molecule has 1 amide bonds. The smallest absolute Gasteiger partial charge is 0.233 e. The van der Waals surface area contributed by atoms with Crippen LogP contribution in [0.2, 0.25) is 0 Å². The zero-order chi connectivity index (χ0) is 19.8. The topological polar surface area (TPSA) is 57.0 Å². The molecule has 150 valence electrons. The lowest BCUT2D eigenvalue weighted by Crippen LogP contribution is -2.62. The van der Waals surface area contributed by atoms with Crippen LogP contribution in [0.25, 0.3) is 10.9 Å². The van der Waals surface area contributed by atoms with Crippen LogP contribution in [0.5, 0.6) is 0 Å². The standard InChI is InChI=1S/C24H27N3OS/c25-8-3-9-27(24-13-17-10-18(14-24)12-19(11-17)15-24)23(28)16-29-22-7-6-20-4-1-2-5-21(20)26-22/h1-2,4-7,17-19H,3,9-16H2. The molecule has 5 heteroatoms. The highest BCUT2D eigenvalue weighted by atomic mass is 32.2. The predicted octanol–water partition coefficient (Wildman–Crippen LogP) is 5.04. The van der Waals surface area contributed by atoms with Gasteiger partial charge in [-0.15, -0.1) is 0 Å². The summed E-state index contributed by atoms with van der Waals surface area (Å²) in [5, 5.41) is 11.2. The van der Waals surface area contributed by atoms with Gasteiger partial charge in [0.15, 0.2) is 0 Å². The number of aromatic nitrogens is 1. The fourth-order valence-electron chi connectivity index (χ4n) is 6.53. The van der Waals surface area contributed by atoms with Gasteiger partial charge in [0.1, 0.15) is 0 Å². The Morgan fingerprint density at radius 3 is 2.48 bits per heavy atom. The molecule has 1 aromatic carbocycles. The van der Waals surface area contributed by atoms with E-state index < -0.39 is 0 Å². The molecule has 0 atom stereocenters. The largest absolute Gasteiger partial charge is 0.335 e. The summed E-state index contributed by atoms with van der Waals surface area (Å²) < 4.78 is 0. The van der Waals surface area contributed by atoms with Crippen molar-refractivity contribution in [1.29, 1.82) is 5.26 Å². The van der Waals surface area contributed by atoms with E-state index in [2.05, 4.69) is 23.1 Å². The van der Waals surface area contributed by atoms with E-state index in [9.17, 15) is 10.1 Å². The number of hydrogen-bond acceptors (Lipinski definition) is 4. The van der Waals surface area contributed by atoms with Crippen molar-refractivity contribution in [2.75, 3.05) is 12.3 Å². The van der Waals surface area contributed by atoms with Gasteiger partial charge in [0, 0.05) is 17.5 Å². The Bertz CT molecular complexity index is 931. The monoisotopic (exact) mass is 405 g/mol. The molecule has 4 aliphatic rings. The average Bonchev–Trinajstić information content (AvgIpc) is 2.71. The summed E-state index contributed by atoms with van der Waals surface area (Å²) in [7, 11) is 0. The minimum atomic E-state index is 0.0139. The summed E-state index contributed by atoms with van der Waals surface area (Å²) in [5.74, 6) is 2.94. The molecule has 4 nitrogen and oxygen atoms in total. The molecule has 1 heterocycles. The third-order valence-corrected chi connectivity index (χ3v) is 8.16. The molecule has 0 saturated heterocycles. The maximum Gasteiger partial charge on any atom is 0.233 e. The third-order valence-electron chi connectivity index (χ3n) is 7.24. The molecular weight excluding hydrogens is 378 g/mol. The number of nitriles is 1. The van der Waals surface area contributed by atoms with Gasteiger partial charge in [0.25, 0.3) is 0 Å². The van der Waals surface area contributed by atoms with Gasteiger partial charge in [-0.05, 0) is 68.4 Å². The summed E-state index contributed by atoms with van der Waals surface area (Å²) in [6.07, 6.45) is 7.94. The minimum Gasteiger partial charge on any atom is -0.335 e. The number of nitrogens with zero attached hydrogens (tertiary/aromatic N) is 3. The zero-order valence-corrected chi connectivity index (χ0v) is 17.5. The normalized spacial score (nSPS) is 29.7. The molecule has 1 aromatic heterocycles. The van der Waals surface area contributed by atoms with Gasteiger partial charge in [-0.2, -0.15) is 5.26 Å². The molecule has 0 unspecified atom stereocenters. The maximum atomic E-state index is 13.4. The molecular formula is C24H27N3OS. The van der Waals surface area contributed by atoms with E-state index >= 15 is 0 Å². The van der Waals surface area contributed by atoms with Crippen molar-refractivity contribution < 1.29 is 4.79 Å². The number of para-hydroxylation sites is 1. The first-order valence-corrected chi connectivity index (χ1v) is 11.8. The van der Waals surface area contributed by atoms with E-state index in [4.69, 9.17) is 4.98 Å². The summed E-state index contributed by atoms with van der Waals surface area (Å²) in [6, 6.07) is 14.4. The number of pyridine rings is 1. The fourth-order valence-corrected chi connectivity index (χ4v) is 7.28. The Labute approximate surface area is 176 Å². The van der Waals surface area contributed by atoms with Crippen molar-refractivity contribution in [3.8, 4) is 6.07 Å². The lowest BCUT2D eigenvalue weighted by molar-refractivity contribution is -0.147. The van der Waals surface area contributed by atoms with E-state index in [1.54, 1.807) is 0 Å². The third kappa shape index (κ3) is 3.64. The van der Waals surface area contributed by atoms with Crippen molar-refractivity contribution in [3.05, 3.63) is 36.4 Å². The Morgan fingerprint density at radius 2 is 1.79 bits per heavy atom. The van der Waals surface area contributed by atoms with Crippen LogP contribution in [0, 0.1) is 29.1 Å². The highest BCUT2D eigenvalue weighted by Gasteiger charge is 2.54. The number of benzene rings is 1. The molecule has 29 heavy (non-hydrogen) atoms. The summed E-state index contributed by atoms with van der Waals surface area (Å²) >= 11 is 1.52. The SMILES string of the molecule is N#CCCN(C(=O)CSc1ccc2ccccc2n1)C12CC3CC(CC(C3)C1)C2. The first kappa shape index (κ1) is 18.9. The van der Waals surface area contributed by atoms with Gasteiger partial charge in [0.2, 0.25) is 5.91 Å². The number of rotatable bonds is 6. The Balaban J connectivity index is 1.33. The highest BCUT2D eigenvalue weighted by molar-refractivity contribution is 7.99. The first-order chi connectivity index (χ1) is 14.1. The summed E-state index contributed by atoms with van der Waals surface area (Å²) in [5.41, 5.74) is 0.979. The van der Waals surface area contributed by atoms with Crippen LogP contribution < -0.4 is 0 Å². The molecule has 4 saturated carbocycles. The molecule has 0 N–H and O–H groups in total. The van der Waals surface area contributed by atoms with Crippen LogP contribution in [-0.4, -0.2) is 33.6 Å². The fraction of sp³-hybridized carbons (Fsp3) is 0.542. The Kier molecular flexibility index (Phi) is 4.99. The number of carbonyl (C=O) groups excluding carboxylic acids is 1. The van der Waals surface area contributed by atoms with Crippen molar-refractivity contribution in [1.82, 2.24) is 9.88 Å². The minimum absolute atomic E-state index is 0.0139. The molecule has 4 aliphatic carbocycles. The van der Waals surface area contributed by atoms with Crippen molar-refractivity contribution in [3.63, 3.8) is 0 Å². The van der Waals surface area contributed by atoms with Gasteiger partial charge < -0.3 is 4.90 Å². The molecule has 0 spiro atoms. The maximum absolute atomic E-state index is 13.4. The lowest BCUT2D eigenvalue weighted by Gasteiger charge is -2.60. The van der Waals surface area contributed by atoms with Crippen LogP contribution in [0.4, 0.5) is 0 Å². The van der Waals surface area contributed by atoms with Gasteiger partial charge in [-0.1, -0.05) is 36.0 Å². The number of fused-ring (bicyclic) bond motifs is 1. The molecule has 2 aromatic rings. The van der Waals surface area contributed by atoms with E-state index in [0.29, 0.717) is 18.7 Å². The van der Waals surface area contributed by atoms with Crippen LogP contribution in [0.3, 0.4) is 0 Å². The van der Waals surface area contributed by atoms with Crippen LogP contribution >= 0.6 is 11.8 Å². The van der Waals surface area contributed by atoms with Crippen LogP contribution in [0.15, 0.2) is 41.4 Å². The molecule has 4 bridgehead atoms. The average molecular weight is 406 g/mol. The van der Waals surface area contributed by atoms with Gasteiger partial charge in [0.05, 0.1) is 28.8 Å². The van der Waals surface area contributed by atoms with Crippen LogP contribution in [0.1, 0.15) is 44.9 Å². The number of amides is 1.